The number of guanidine groups is 1. The van der Waals surface area contributed by atoms with E-state index in [0.717, 1.165) is 42.4 Å². The van der Waals surface area contributed by atoms with Gasteiger partial charge in [-0.25, -0.2) is 4.68 Å². The minimum Gasteiger partial charge on any atom is -0.382 e. The van der Waals surface area contributed by atoms with Crippen LogP contribution in [0.25, 0.3) is 5.69 Å². The number of rotatable bonds is 8. The molecule has 0 aliphatic heterocycles. The van der Waals surface area contributed by atoms with Crippen molar-refractivity contribution in [1.82, 2.24) is 20.4 Å². The van der Waals surface area contributed by atoms with Crippen LogP contribution < -0.4 is 16.4 Å². The van der Waals surface area contributed by atoms with Gasteiger partial charge in [0.2, 0.25) is 0 Å². The maximum atomic E-state index is 9.56. The van der Waals surface area contributed by atoms with E-state index in [-0.39, 0.29) is 24.0 Å². The Morgan fingerprint density at radius 2 is 2.03 bits per heavy atom. The largest absolute Gasteiger partial charge is 0.382 e. The number of anilines is 1. The summed E-state index contributed by atoms with van der Waals surface area (Å²) in [6.07, 6.45) is 1.46. The monoisotopic (exact) mass is 563 g/mol. The Hall–Kier alpha value is -2.58. The number of aromatic nitrogens is 2. The smallest absolute Gasteiger partial charge is 0.190 e. The zero-order valence-corrected chi connectivity index (χ0v) is 21.8. The molecule has 0 bridgehead atoms. The van der Waals surface area contributed by atoms with Gasteiger partial charge in [0.1, 0.15) is 17.5 Å². The molecule has 1 unspecified atom stereocenters. The number of aryl methyl sites for hydroxylation is 2. The second-order valence-corrected chi connectivity index (χ2v) is 8.45. The third-order valence-electron chi connectivity index (χ3n) is 5.09. The fourth-order valence-corrected chi connectivity index (χ4v) is 4.05. The van der Waals surface area contributed by atoms with E-state index in [1.165, 1.54) is 4.88 Å². The second kappa shape index (κ2) is 12.5. The van der Waals surface area contributed by atoms with Crippen molar-refractivity contribution in [2.24, 2.45) is 4.99 Å². The number of nitrogens with one attached hydrogen (secondary N) is 2. The molecule has 0 saturated carbocycles. The van der Waals surface area contributed by atoms with E-state index in [0.29, 0.717) is 23.7 Å². The summed E-state index contributed by atoms with van der Waals surface area (Å²) >= 11 is 1.77. The molecular weight excluding hydrogens is 533 g/mol. The molecule has 3 rings (SSSR count). The van der Waals surface area contributed by atoms with Crippen molar-refractivity contribution in [3.63, 3.8) is 0 Å². The zero-order valence-electron chi connectivity index (χ0n) is 18.6. The quantitative estimate of drug-likeness (QED) is 0.165. The van der Waals surface area contributed by atoms with E-state index in [9.17, 15) is 5.26 Å². The minimum atomic E-state index is 0. The third-order valence-corrected chi connectivity index (χ3v) is 6.20. The van der Waals surface area contributed by atoms with Gasteiger partial charge in [-0.05, 0) is 43.3 Å². The highest BCUT2D eigenvalue weighted by molar-refractivity contribution is 14.0. The molecule has 4 N–H and O–H groups in total. The Balaban J connectivity index is 0.00000363. The maximum Gasteiger partial charge on any atom is 0.190 e. The van der Waals surface area contributed by atoms with Crippen LogP contribution >= 0.6 is 35.3 Å². The molecule has 170 valence electrons. The normalized spacial score (nSPS) is 12.0. The molecule has 0 radical (unpaired) electrons. The number of nitriles is 1. The molecular formula is C23H30IN7S. The molecule has 0 spiro atoms. The first-order valence-electron chi connectivity index (χ1n) is 10.4. The summed E-state index contributed by atoms with van der Waals surface area (Å²) < 4.78 is 1.65. The number of nitrogen functional groups attached to an aromatic ring is 1. The third kappa shape index (κ3) is 6.46. The van der Waals surface area contributed by atoms with E-state index >= 15 is 0 Å². The first-order chi connectivity index (χ1) is 15.0. The van der Waals surface area contributed by atoms with Gasteiger partial charge in [0.25, 0.3) is 0 Å². The van der Waals surface area contributed by atoms with Crippen molar-refractivity contribution in [1.29, 1.82) is 5.26 Å². The maximum absolute atomic E-state index is 9.56. The van der Waals surface area contributed by atoms with E-state index in [1.54, 1.807) is 23.1 Å². The Kier molecular flexibility index (Phi) is 9.99. The van der Waals surface area contributed by atoms with Crippen LogP contribution in [0.5, 0.6) is 0 Å². The highest BCUT2D eigenvalue weighted by Gasteiger charge is 2.16. The molecule has 0 amide bonds. The summed E-state index contributed by atoms with van der Waals surface area (Å²) in [7, 11) is 1.77. The van der Waals surface area contributed by atoms with Crippen LogP contribution in [0.2, 0.25) is 0 Å². The Labute approximate surface area is 210 Å². The predicted molar refractivity (Wildman–Crippen MR) is 143 cm³/mol. The van der Waals surface area contributed by atoms with Crippen LogP contribution in [0.1, 0.15) is 41.0 Å². The molecule has 0 saturated heterocycles. The Bertz CT molecular complexity index is 1050. The van der Waals surface area contributed by atoms with Crippen molar-refractivity contribution < 1.29 is 0 Å². The summed E-state index contributed by atoms with van der Waals surface area (Å²) in [4.78, 5) is 5.65. The lowest BCUT2D eigenvalue weighted by Crippen LogP contribution is -2.39. The lowest BCUT2D eigenvalue weighted by Gasteiger charge is -2.15. The van der Waals surface area contributed by atoms with Crippen molar-refractivity contribution in [3.8, 4) is 11.8 Å². The predicted octanol–water partition coefficient (Wildman–Crippen LogP) is 4.22. The van der Waals surface area contributed by atoms with Gasteiger partial charge >= 0.3 is 0 Å². The number of halogens is 1. The molecule has 2 aromatic heterocycles. The van der Waals surface area contributed by atoms with E-state index in [1.807, 2.05) is 31.2 Å². The molecule has 32 heavy (non-hydrogen) atoms. The lowest BCUT2D eigenvalue weighted by atomic mass is 10.1. The standard InChI is InChI=1S/C23H29N7S.HI/c1-16-8-10-18(11-9-16)30-22(25)19(14-24)20(29-30)6-4-12-27-23(26-3)28-15-17(2)21-7-5-13-31-21;/h5,7-11,13,17H,4,6,12,15,25H2,1-3H3,(H2,26,27,28);1H. The summed E-state index contributed by atoms with van der Waals surface area (Å²) in [5.41, 5.74) is 9.39. The highest BCUT2D eigenvalue weighted by atomic mass is 127. The minimum absolute atomic E-state index is 0. The van der Waals surface area contributed by atoms with Crippen molar-refractivity contribution in [2.75, 3.05) is 25.9 Å². The Morgan fingerprint density at radius 3 is 2.66 bits per heavy atom. The van der Waals surface area contributed by atoms with Crippen molar-refractivity contribution in [3.05, 3.63) is 63.5 Å². The summed E-state index contributed by atoms with van der Waals surface area (Å²) in [5, 5.41) is 23.0. The van der Waals surface area contributed by atoms with Gasteiger partial charge in [-0.3, -0.25) is 4.99 Å². The number of aliphatic imine (C=N–C) groups is 1. The molecule has 9 heteroatoms. The van der Waals surface area contributed by atoms with Gasteiger partial charge in [-0.2, -0.15) is 10.4 Å². The number of nitrogens with zero attached hydrogens (tertiary/aromatic N) is 4. The fourth-order valence-electron chi connectivity index (χ4n) is 3.26. The van der Waals surface area contributed by atoms with E-state index in [2.05, 4.69) is 51.2 Å². The van der Waals surface area contributed by atoms with E-state index < -0.39 is 0 Å². The van der Waals surface area contributed by atoms with Crippen molar-refractivity contribution >= 4 is 47.1 Å². The number of thiophene rings is 1. The van der Waals surface area contributed by atoms with Crippen LogP contribution in [0, 0.1) is 18.3 Å². The molecule has 0 fully saturated rings. The fraction of sp³-hybridized carbons (Fsp3) is 0.348. The molecule has 2 heterocycles. The van der Waals surface area contributed by atoms with Gasteiger partial charge in [-0.1, -0.05) is 30.7 Å². The molecule has 7 nitrogen and oxygen atoms in total. The average Bonchev–Trinajstić information content (AvgIpc) is 3.42. The SMILES string of the molecule is CN=C(NCCCc1nn(-c2ccc(C)cc2)c(N)c1C#N)NCC(C)c1cccs1.I. The van der Waals surface area contributed by atoms with Gasteiger partial charge in [0.15, 0.2) is 5.96 Å². The number of nitrogens with two attached hydrogens (primary N) is 1. The number of benzene rings is 1. The first-order valence-corrected chi connectivity index (χ1v) is 11.2. The first kappa shape index (κ1) is 25.7. The van der Waals surface area contributed by atoms with Crippen LogP contribution in [0.4, 0.5) is 5.82 Å². The molecule has 1 aromatic carbocycles. The second-order valence-electron chi connectivity index (χ2n) is 7.47. The van der Waals surface area contributed by atoms with Gasteiger partial charge < -0.3 is 16.4 Å². The average molecular weight is 564 g/mol. The summed E-state index contributed by atoms with van der Waals surface area (Å²) in [6.45, 7) is 5.76. The van der Waals surface area contributed by atoms with Gasteiger partial charge in [-0.15, -0.1) is 35.3 Å². The summed E-state index contributed by atoms with van der Waals surface area (Å²) in [6, 6.07) is 14.4. The summed E-state index contributed by atoms with van der Waals surface area (Å²) in [5.74, 6) is 1.58. The van der Waals surface area contributed by atoms with Crippen molar-refractivity contribution in [2.45, 2.75) is 32.6 Å². The lowest BCUT2D eigenvalue weighted by molar-refractivity contribution is 0.690. The topological polar surface area (TPSA) is 104 Å². The van der Waals surface area contributed by atoms with Crippen LogP contribution in [0.3, 0.4) is 0 Å². The van der Waals surface area contributed by atoms with Gasteiger partial charge in [0, 0.05) is 30.9 Å². The number of hydrogen-bond acceptors (Lipinski definition) is 5. The van der Waals surface area contributed by atoms with E-state index in [4.69, 9.17) is 5.73 Å². The number of hydrogen-bond donors (Lipinski definition) is 3. The zero-order chi connectivity index (χ0) is 22.2. The van der Waals surface area contributed by atoms with Crippen LogP contribution in [-0.2, 0) is 6.42 Å². The Morgan fingerprint density at radius 1 is 1.28 bits per heavy atom. The molecule has 3 aromatic rings. The molecule has 0 aliphatic rings. The van der Waals surface area contributed by atoms with Crippen LogP contribution in [0.15, 0.2) is 46.8 Å². The molecule has 1 atom stereocenters. The van der Waals surface area contributed by atoms with Gasteiger partial charge in [0.05, 0.1) is 11.4 Å². The highest BCUT2D eigenvalue weighted by Crippen LogP contribution is 2.22. The van der Waals surface area contributed by atoms with Crippen LogP contribution in [-0.4, -0.2) is 35.9 Å². The molecule has 0 aliphatic carbocycles.